The molecule has 0 aromatic rings. The van der Waals surface area contributed by atoms with E-state index in [0.29, 0.717) is 12.8 Å². The van der Waals surface area contributed by atoms with Crippen molar-refractivity contribution in [3.8, 4) is 0 Å². The van der Waals surface area contributed by atoms with Crippen molar-refractivity contribution in [2.75, 3.05) is 6.61 Å². The first-order chi connectivity index (χ1) is 4.72. The monoisotopic (exact) mass is 145 g/mol. The van der Waals surface area contributed by atoms with E-state index in [2.05, 4.69) is 5.32 Å². The largest absolute Gasteiger partial charge is 0.394 e. The van der Waals surface area contributed by atoms with Gasteiger partial charge in [-0.05, 0) is 6.42 Å². The van der Waals surface area contributed by atoms with Crippen LogP contribution in [0, 0.1) is 0 Å². The Morgan fingerprint density at radius 3 is 2.80 bits per heavy atom. The second-order valence-electron chi connectivity index (χ2n) is 2.54. The number of aliphatic hydroxyl groups excluding tert-OH is 2. The third-order valence-electron chi connectivity index (χ3n) is 1.56. The summed E-state index contributed by atoms with van der Waals surface area (Å²) in [5.74, 6) is 0.0233. The quantitative estimate of drug-likeness (QED) is 0.429. The zero-order valence-electron chi connectivity index (χ0n) is 5.58. The van der Waals surface area contributed by atoms with Crippen LogP contribution in [-0.2, 0) is 4.79 Å². The van der Waals surface area contributed by atoms with Crippen molar-refractivity contribution in [2.45, 2.75) is 25.0 Å². The molecule has 0 saturated carbocycles. The average molecular weight is 145 g/mol. The van der Waals surface area contributed by atoms with E-state index in [1.807, 2.05) is 0 Å². The summed E-state index contributed by atoms with van der Waals surface area (Å²) in [5, 5.41) is 19.9. The second kappa shape index (κ2) is 2.98. The minimum absolute atomic E-state index is 0.0233. The number of hydrogen-bond acceptors (Lipinski definition) is 3. The van der Waals surface area contributed by atoms with Crippen molar-refractivity contribution in [2.24, 2.45) is 0 Å². The van der Waals surface area contributed by atoms with Crippen LogP contribution in [-0.4, -0.2) is 34.9 Å². The Labute approximate surface area is 58.9 Å². The summed E-state index contributed by atoms with van der Waals surface area (Å²) in [4.78, 5) is 10.3. The highest BCUT2D eigenvalue weighted by Crippen LogP contribution is 2.10. The predicted molar refractivity (Wildman–Crippen MR) is 34.3 cm³/mol. The van der Waals surface area contributed by atoms with Gasteiger partial charge in [-0.1, -0.05) is 0 Å². The summed E-state index contributed by atoms with van der Waals surface area (Å²) < 4.78 is 0. The van der Waals surface area contributed by atoms with Crippen molar-refractivity contribution < 1.29 is 15.0 Å². The molecule has 1 aliphatic rings. The van der Waals surface area contributed by atoms with Gasteiger partial charge in [0, 0.05) is 12.5 Å². The molecule has 58 valence electrons. The van der Waals surface area contributed by atoms with Crippen molar-refractivity contribution in [1.29, 1.82) is 0 Å². The van der Waals surface area contributed by atoms with Gasteiger partial charge in [0.05, 0.1) is 12.7 Å². The maximum atomic E-state index is 10.3. The van der Waals surface area contributed by atoms with Crippen molar-refractivity contribution in [1.82, 2.24) is 5.32 Å². The fourth-order valence-electron chi connectivity index (χ4n) is 0.976. The van der Waals surface area contributed by atoms with Gasteiger partial charge in [0.1, 0.15) is 0 Å². The molecule has 1 amide bonds. The van der Waals surface area contributed by atoms with E-state index in [0.717, 1.165) is 0 Å². The van der Waals surface area contributed by atoms with Gasteiger partial charge in [0.15, 0.2) is 0 Å². The lowest BCUT2D eigenvalue weighted by atomic mass is 10.00. The third kappa shape index (κ3) is 1.68. The molecule has 0 spiro atoms. The first-order valence-electron chi connectivity index (χ1n) is 3.30. The molecule has 0 unspecified atom stereocenters. The maximum Gasteiger partial charge on any atom is 0.222 e. The molecule has 1 fully saturated rings. The summed E-state index contributed by atoms with van der Waals surface area (Å²) in [5.41, 5.74) is 0. The molecule has 1 aliphatic heterocycles. The van der Waals surface area contributed by atoms with Crippen LogP contribution in [0.4, 0.5) is 0 Å². The van der Waals surface area contributed by atoms with Gasteiger partial charge in [-0.3, -0.25) is 4.79 Å². The van der Waals surface area contributed by atoms with Crippen LogP contribution in [0.25, 0.3) is 0 Å². The molecular formula is C6H11NO3. The van der Waals surface area contributed by atoms with Gasteiger partial charge in [-0.25, -0.2) is 0 Å². The summed E-state index contributed by atoms with van der Waals surface area (Å²) >= 11 is 0. The third-order valence-corrected chi connectivity index (χ3v) is 1.56. The van der Waals surface area contributed by atoms with Gasteiger partial charge >= 0.3 is 0 Å². The molecule has 0 radical (unpaired) electrons. The Balaban J connectivity index is 2.10. The SMILES string of the molecule is O=C1C[C@H](C[C@@H](O)CO)N1. The number of hydrogen-bond donors (Lipinski definition) is 3. The van der Waals surface area contributed by atoms with Gasteiger partial charge in [0.25, 0.3) is 0 Å². The van der Waals surface area contributed by atoms with E-state index in [1.54, 1.807) is 0 Å². The Kier molecular flexibility index (Phi) is 2.24. The predicted octanol–water partition coefficient (Wildman–Crippen LogP) is -1.38. The molecule has 0 aliphatic carbocycles. The lowest BCUT2D eigenvalue weighted by molar-refractivity contribution is -0.128. The lowest BCUT2D eigenvalue weighted by Gasteiger charge is -2.28. The topological polar surface area (TPSA) is 69.6 Å². The summed E-state index contributed by atoms with van der Waals surface area (Å²) in [7, 11) is 0. The van der Waals surface area contributed by atoms with E-state index >= 15 is 0 Å². The average Bonchev–Trinajstić information content (AvgIpc) is 1.84. The van der Waals surface area contributed by atoms with E-state index in [9.17, 15) is 4.79 Å². The molecule has 4 heteroatoms. The van der Waals surface area contributed by atoms with Crippen LogP contribution in [0.3, 0.4) is 0 Å². The highest BCUT2D eigenvalue weighted by molar-refractivity contribution is 5.82. The minimum Gasteiger partial charge on any atom is -0.394 e. The van der Waals surface area contributed by atoms with Gasteiger partial charge < -0.3 is 15.5 Å². The number of nitrogens with one attached hydrogen (secondary N) is 1. The molecule has 4 nitrogen and oxygen atoms in total. The van der Waals surface area contributed by atoms with Crippen LogP contribution in [0.15, 0.2) is 0 Å². The Bertz CT molecular complexity index is 129. The first kappa shape index (κ1) is 7.50. The van der Waals surface area contributed by atoms with Gasteiger partial charge in [0.2, 0.25) is 5.91 Å². The normalized spacial score (nSPS) is 27.0. The molecule has 10 heavy (non-hydrogen) atoms. The maximum absolute atomic E-state index is 10.3. The fraction of sp³-hybridized carbons (Fsp3) is 0.833. The minimum atomic E-state index is -0.689. The Hall–Kier alpha value is -0.610. The summed E-state index contributed by atoms with van der Waals surface area (Å²) in [6.45, 7) is -0.230. The van der Waals surface area contributed by atoms with Gasteiger partial charge in [-0.2, -0.15) is 0 Å². The second-order valence-corrected chi connectivity index (χ2v) is 2.54. The van der Waals surface area contributed by atoms with E-state index in [1.165, 1.54) is 0 Å². The van der Waals surface area contributed by atoms with Crippen molar-refractivity contribution >= 4 is 5.91 Å². The molecule has 0 aromatic heterocycles. The summed E-state index contributed by atoms with van der Waals surface area (Å²) in [6, 6.07) is 0.0784. The summed E-state index contributed by atoms with van der Waals surface area (Å²) in [6.07, 6.45) is 0.254. The zero-order valence-corrected chi connectivity index (χ0v) is 5.58. The number of rotatable bonds is 3. The number of carbonyl (C=O) groups is 1. The molecule has 0 bridgehead atoms. The molecule has 1 heterocycles. The van der Waals surface area contributed by atoms with E-state index in [4.69, 9.17) is 10.2 Å². The van der Waals surface area contributed by atoms with Crippen molar-refractivity contribution in [3.05, 3.63) is 0 Å². The zero-order chi connectivity index (χ0) is 7.56. The van der Waals surface area contributed by atoms with E-state index < -0.39 is 6.10 Å². The number of β-lactam (4-membered cyclic amide) rings is 1. The van der Waals surface area contributed by atoms with Crippen LogP contribution in [0.1, 0.15) is 12.8 Å². The van der Waals surface area contributed by atoms with Crippen LogP contribution >= 0.6 is 0 Å². The van der Waals surface area contributed by atoms with Gasteiger partial charge in [-0.15, -0.1) is 0 Å². The molecular weight excluding hydrogens is 134 g/mol. The van der Waals surface area contributed by atoms with Crippen LogP contribution in [0.5, 0.6) is 0 Å². The molecule has 1 saturated heterocycles. The number of carbonyl (C=O) groups excluding carboxylic acids is 1. The van der Waals surface area contributed by atoms with Crippen LogP contribution < -0.4 is 5.32 Å². The highest BCUT2D eigenvalue weighted by atomic mass is 16.3. The first-order valence-corrected chi connectivity index (χ1v) is 3.30. The number of aliphatic hydroxyl groups is 2. The fourth-order valence-corrected chi connectivity index (χ4v) is 0.976. The standard InChI is InChI=1S/C6H11NO3/c8-3-5(9)1-4-2-6(10)7-4/h4-5,8-9H,1-3H2,(H,7,10)/t4-,5+/m0/s1. The van der Waals surface area contributed by atoms with Crippen molar-refractivity contribution in [3.63, 3.8) is 0 Å². The highest BCUT2D eigenvalue weighted by Gasteiger charge is 2.26. The Morgan fingerprint density at radius 1 is 1.80 bits per heavy atom. The lowest BCUT2D eigenvalue weighted by Crippen LogP contribution is -2.50. The number of amides is 1. The molecule has 0 aromatic carbocycles. The molecule has 3 N–H and O–H groups in total. The molecule has 1 rings (SSSR count). The van der Waals surface area contributed by atoms with E-state index in [-0.39, 0.29) is 18.6 Å². The van der Waals surface area contributed by atoms with Crippen LogP contribution in [0.2, 0.25) is 0 Å². The molecule has 2 atom stereocenters. The smallest absolute Gasteiger partial charge is 0.222 e. The Morgan fingerprint density at radius 2 is 2.40 bits per heavy atom.